The highest BCUT2D eigenvalue weighted by atomic mass is 35.5. The number of phenols is 1. The molecule has 0 bridgehead atoms. The van der Waals surface area contributed by atoms with Gasteiger partial charge in [0.05, 0.1) is 10.6 Å². The molecule has 0 fully saturated rings. The molecule has 2 rings (SSSR count). The molecule has 0 heterocycles. The molecule has 0 aliphatic rings. The van der Waals surface area contributed by atoms with Gasteiger partial charge in [0.15, 0.2) is 6.10 Å². The molecule has 0 aromatic heterocycles. The third-order valence-electron chi connectivity index (χ3n) is 3.15. The van der Waals surface area contributed by atoms with Gasteiger partial charge in [0, 0.05) is 5.69 Å². The van der Waals surface area contributed by atoms with Gasteiger partial charge in [-0.3, -0.25) is 4.79 Å². The number of rotatable bonds is 6. The Kier molecular flexibility index (Phi) is 6.35. The molecule has 0 radical (unpaired) electrons. The van der Waals surface area contributed by atoms with Crippen molar-refractivity contribution in [2.24, 2.45) is 0 Å². The second kappa shape index (κ2) is 8.48. The number of hydrogen-bond donors (Lipinski definition) is 2. The van der Waals surface area contributed by atoms with Gasteiger partial charge in [-0.2, -0.15) is 8.78 Å². The average molecular weight is 386 g/mol. The molecule has 2 aromatic carbocycles. The van der Waals surface area contributed by atoms with E-state index < -0.39 is 24.6 Å². The second-order valence-corrected chi connectivity index (χ2v) is 5.52. The minimum Gasteiger partial charge on any atom is -0.508 e. The van der Waals surface area contributed by atoms with Gasteiger partial charge in [0.25, 0.3) is 5.91 Å². The number of esters is 1. The first kappa shape index (κ1) is 19.5. The zero-order valence-corrected chi connectivity index (χ0v) is 14.2. The summed E-state index contributed by atoms with van der Waals surface area (Å²) in [7, 11) is 0. The van der Waals surface area contributed by atoms with Crippen molar-refractivity contribution in [3.8, 4) is 11.5 Å². The molecule has 0 spiro atoms. The Morgan fingerprint density at radius 3 is 2.54 bits per heavy atom. The summed E-state index contributed by atoms with van der Waals surface area (Å²) in [6, 6.07) is 9.18. The van der Waals surface area contributed by atoms with Crippen LogP contribution in [0.4, 0.5) is 14.5 Å². The van der Waals surface area contributed by atoms with Crippen LogP contribution in [0.1, 0.15) is 17.3 Å². The van der Waals surface area contributed by atoms with Crippen molar-refractivity contribution in [2.45, 2.75) is 19.6 Å². The molecule has 0 aliphatic heterocycles. The van der Waals surface area contributed by atoms with Crippen LogP contribution in [0.2, 0.25) is 5.02 Å². The van der Waals surface area contributed by atoms with E-state index in [0.29, 0.717) is 0 Å². The first-order valence-electron chi connectivity index (χ1n) is 7.31. The molecule has 2 N–H and O–H groups in total. The normalized spacial score (nSPS) is 11.7. The number of hydrogen-bond acceptors (Lipinski definition) is 5. The number of anilines is 1. The number of halogens is 3. The van der Waals surface area contributed by atoms with E-state index in [1.54, 1.807) is 0 Å². The van der Waals surface area contributed by atoms with Gasteiger partial charge in [0.1, 0.15) is 11.5 Å². The van der Waals surface area contributed by atoms with Gasteiger partial charge in [-0.25, -0.2) is 4.79 Å². The second-order valence-electron chi connectivity index (χ2n) is 5.11. The number of phenolic OH excluding ortho intramolecular Hbond substituents is 1. The summed E-state index contributed by atoms with van der Waals surface area (Å²) >= 11 is 5.80. The summed E-state index contributed by atoms with van der Waals surface area (Å²) in [4.78, 5) is 24.0. The fourth-order valence-corrected chi connectivity index (χ4v) is 2.15. The van der Waals surface area contributed by atoms with Crippen LogP contribution >= 0.6 is 11.6 Å². The van der Waals surface area contributed by atoms with E-state index in [1.807, 2.05) is 0 Å². The van der Waals surface area contributed by atoms with E-state index in [4.69, 9.17) is 16.3 Å². The topological polar surface area (TPSA) is 84.9 Å². The molecule has 26 heavy (non-hydrogen) atoms. The lowest BCUT2D eigenvalue weighted by Crippen LogP contribution is -2.30. The highest BCUT2D eigenvalue weighted by Gasteiger charge is 2.20. The van der Waals surface area contributed by atoms with Crippen LogP contribution in [-0.4, -0.2) is 29.7 Å². The van der Waals surface area contributed by atoms with Crippen LogP contribution in [0.3, 0.4) is 0 Å². The number of carbonyl (C=O) groups is 2. The minimum atomic E-state index is -3.02. The maximum absolute atomic E-state index is 12.2. The third kappa shape index (κ3) is 5.32. The number of benzene rings is 2. The van der Waals surface area contributed by atoms with E-state index in [0.717, 1.165) is 0 Å². The van der Waals surface area contributed by atoms with Gasteiger partial charge < -0.3 is 19.9 Å². The summed E-state index contributed by atoms with van der Waals surface area (Å²) in [5, 5.41) is 11.7. The molecule has 0 saturated heterocycles. The Morgan fingerprint density at radius 1 is 1.19 bits per heavy atom. The average Bonchev–Trinajstić information content (AvgIpc) is 2.56. The lowest BCUT2D eigenvalue weighted by molar-refractivity contribution is -0.123. The van der Waals surface area contributed by atoms with Gasteiger partial charge >= 0.3 is 12.6 Å². The molecule has 0 aliphatic carbocycles. The largest absolute Gasteiger partial charge is 0.508 e. The number of ether oxygens (including phenoxy) is 2. The summed E-state index contributed by atoms with van der Waals surface area (Å²) in [6.07, 6.45) is -1.15. The quantitative estimate of drug-likeness (QED) is 0.738. The van der Waals surface area contributed by atoms with Crippen LogP contribution < -0.4 is 10.1 Å². The number of nitrogens with one attached hydrogen (secondary N) is 1. The fraction of sp³-hybridized carbons (Fsp3) is 0.176. The lowest BCUT2D eigenvalue weighted by Gasteiger charge is -2.14. The number of aromatic hydroxyl groups is 1. The molecule has 9 heteroatoms. The van der Waals surface area contributed by atoms with Crippen molar-refractivity contribution in [3.05, 3.63) is 53.1 Å². The van der Waals surface area contributed by atoms with Crippen LogP contribution in [0.5, 0.6) is 11.5 Å². The summed E-state index contributed by atoms with van der Waals surface area (Å²) in [6.45, 7) is -1.67. The first-order chi connectivity index (χ1) is 12.3. The van der Waals surface area contributed by atoms with Crippen molar-refractivity contribution in [1.82, 2.24) is 0 Å². The van der Waals surface area contributed by atoms with Gasteiger partial charge in [0.2, 0.25) is 0 Å². The predicted octanol–water partition coefficient (Wildman–Crippen LogP) is 3.83. The molecule has 1 amide bonds. The summed E-state index contributed by atoms with van der Waals surface area (Å²) < 4.78 is 33.6. The van der Waals surface area contributed by atoms with Crippen molar-refractivity contribution in [3.63, 3.8) is 0 Å². The van der Waals surface area contributed by atoms with Gasteiger partial charge in [-0.15, -0.1) is 0 Å². The first-order valence-corrected chi connectivity index (χ1v) is 7.69. The van der Waals surface area contributed by atoms with E-state index in [-0.39, 0.29) is 27.8 Å². The Bertz CT molecular complexity index is 815. The lowest BCUT2D eigenvalue weighted by atomic mass is 10.2. The van der Waals surface area contributed by atoms with E-state index in [9.17, 15) is 23.5 Å². The van der Waals surface area contributed by atoms with Crippen LogP contribution in [0, 0.1) is 0 Å². The van der Waals surface area contributed by atoms with E-state index in [1.165, 1.54) is 49.4 Å². The number of alkyl halides is 2. The number of amides is 1. The van der Waals surface area contributed by atoms with Gasteiger partial charge in [-0.05, 0) is 43.3 Å². The highest BCUT2D eigenvalue weighted by Crippen LogP contribution is 2.29. The minimum absolute atomic E-state index is 0.0844. The SMILES string of the molecule is CC(OC(=O)c1cccc(O)c1)C(=O)Nc1ccc(OC(F)F)c(Cl)c1. The zero-order chi connectivity index (χ0) is 19.3. The Hall–Kier alpha value is -2.87. The van der Waals surface area contributed by atoms with Crippen LogP contribution in [0.25, 0.3) is 0 Å². The fourth-order valence-electron chi connectivity index (χ4n) is 1.93. The standard InChI is InChI=1S/C17H14ClF2NO5/c1-9(25-16(24)10-3-2-4-12(22)7-10)15(23)21-11-5-6-14(13(18)8-11)26-17(19)20/h2-9,17,22H,1H3,(H,21,23). The zero-order valence-electron chi connectivity index (χ0n) is 13.4. The third-order valence-corrected chi connectivity index (χ3v) is 3.45. The summed E-state index contributed by atoms with van der Waals surface area (Å²) in [5.74, 6) is -1.79. The maximum Gasteiger partial charge on any atom is 0.387 e. The molecule has 0 saturated carbocycles. The Morgan fingerprint density at radius 2 is 1.92 bits per heavy atom. The summed E-state index contributed by atoms with van der Waals surface area (Å²) in [5.41, 5.74) is 0.295. The van der Waals surface area contributed by atoms with Crippen LogP contribution in [-0.2, 0) is 9.53 Å². The van der Waals surface area contributed by atoms with Crippen molar-refractivity contribution in [1.29, 1.82) is 0 Å². The number of carbonyl (C=O) groups excluding carboxylic acids is 2. The molecular weight excluding hydrogens is 372 g/mol. The Balaban J connectivity index is 1.98. The van der Waals surface area contributed by atoms with E-state index >= 15 is 0 Å². The van der Waals surface area contributed by atoms with Crippen molar-refractivity contribution in [2.75, 3.05) is 5.32 Å². The molecule has 1 unspecified atom stereocenters. The monoisotopic (exact) mass is 385 g/mol. The Labute approximate surface area is 152 Å². The van der Waals surface area contributed by atoms with Crippen LogP contribution in [0.15, 0.2) is 42.5 Å². The van der Waals surface area contributed by atoms with Gasteiger partial charge in [-0.1, -0.05) is 17.7 Å². The smallest absolute Gasteiger partial charge is 0.387 e. The molecule has 1 atom stereocenters. The molecule has 2 aromatic rings. The highest BCUT2D eigenvalue weighted by molar-refractivity contribution is 6.32. The van der Waals surface area contributed by atoms with Crippen molar-refractivity contribution >= 4 is 29.2 Å². The molecule has 138 valence electrons. The molecule has 6 nitrogen and oxygen atoms in total. The molecular formula is C17H14ClF2NO5. The van der Waals surface area contributed by atoms with Crippen molar-refractivity contribution < 1.29 is 33.0 Å². The maximum atomic E-state index is 12.2. The van der Waals surface area contributed by atoms with E-state index in [2.05, 4.69) is 10.1 Å². The predicted molar refractivity (Wildman–Crippen MR) is 89.7 cm³/mol.